The second-order valence-corrected chi connectivity index (χ2v) is 3.21. The molecule has 0 spiro atoms. The smallest absolute Gasteiger partial charge is 0.0639 e. The minimum Gasteiger partial charge on any atom is -0.392 e. The van der Waals surface area contributed by atoms with E-state index in [0.717, 1.165) is 18.5 Å². The molecule has 64 valence electrons. The lowest BCUT2D eigenvalue weighted by Gasteiger charge is -2.14. The summed E-state index contributed by atoms with van der Waals surface area (Å²) in [5.41, 5.74) is 0.955. The Kier molecular flexibility index (Phi) is 3.60. The van der Waals surface area contributed by atoms with Crippen LogP contribution in [-0.4, -0.2) is 36.2 Å². The van der Waals surface area contributed by atoms with Gasteiger partial charge in [0, 0.05) is 6.54 Å². The number of aliphatic hydroxyl groups excluding tert-OH is 1. The summed E-state index contributed by atoms with van der Waals surface area (Å²) in [7, 11) is 0. The molecule has 1 aliphatic rings. The Labute approximate surface area is 68.5 Å². The van der Waals surface area contributed by atoms with Crippen molar-refractivity contribution >= 4 is 0 Å². The fourth-order valence-corrected chi connectivity index (χ4v) is 1.40. The molecule has 2 heteroatoms. The van der Waals surface area contributed by atoms with Crippen LogP contribution >= 0.6 is 0 Å². The van der Waals surface area contributed by atoms with Crippen molar-refractivity contribution in [3.8, 4) is 0 Å². The van der Waals surface area contributed by atoms with Gasteiger partial charge in [0.15, 0.2) is 0 Å². The number of likely N-dealkylation sites (tertiary alicyclic amines) is 1. The molecule has 0 aromatic heterocycles. The predicted molar refractivity (Wildman–Crippen MR) is 46.5 cm³/mol. The molecular weight excluding hydrogens is 138 g/mol. The van der Waals surface area contributed by atoms with Gasteiger partial charge in [-0.05, 0) is 32.4 Å². The van der Waals surface area contributed by atoms with Gasteiger partial charge < -0.3 is 10.0 Å². The molecular formula is C9H17NO. The molecule has 1 rings (SSSR count). The number of hydrogen-bond donors (Lipinski definition) is 1. The topological polar surface area (TPSA) is 23.5 Å². The third kappa shape index (κ3) is 3.04. The molecule has 1 fully saturated rings. The fraction of sp³-hybridized carbons (Fsp3) is 0.778. The predicted octanol–water partition coefficient (Wildman–Crippen LogP) is 1.02. The zero-order chi connectivity index (χ0) is 8.10. The van der Waals surface area contributed by atoms with E-state index < -0.39 is 0 Å². The minimum atomic E-state index is 0.147. The maximum Gasteiger partial charge on any atom is 0.0639 e. The van der Waals surface area contributed by atoms with Crippen LogP contribution in [0.15, 0.2) is 12.2 Å². The van der Waals surface area contributed by atoms with Crippen molar-refractivity contribution in [1.82, 2.24) is 4.90 Å². The van der Waals surface area contributed by atoms with Crippen LogP contribution in [0.4, 0.5) is 0 Å². The maximum atomic E-state index is 8.69. The lowest BCUT2D eigenvalue weighted by atomic mass is 10.2. The summed E-state index contributed by atoms with van der Waals surface area (Å²) in [6, 6.07) is 0. The summed E-state index contributed by atoms with van der Waals surface area (Å²) >= 11 is 0. The van der Waals surface area contributed by atoms with Gasteiger partial charge in [-0.3, -0.25) is 0 Å². The van der Waals surface area contributed by atoms with Crippen LogP contribution < -0.4 is 0 Å². The molecule has 0 aliphatic carbocycles. The molecule has 1 heterocycles. The van der Waals surface area contributed by atoms with Crippen molar-refractivity contribution in [1.29, 1.82) is 0 Å². The van der Waals surface area contributed by atoms with Crippen LogP contribution in [0.5, 0.6) is 0 Å². The summed E-state index contributed by atoms with van der Waals surface area (Å²) in [5.74, 6) is 0. The van der Waals surface area contributed by atoms with E-state index in [1.165, 1.54) is 25.9 Å². The largest absolute Gasteiger partial charge is 0.392 e. The van der Waals surface area contributed by atoms with Gasteiger partial charge in [0.25, 0.3) is 0 Å². The summed E-state index contributed by atoms with van der Waals surface area (Å²) in [5, 5.41) is 8.69. The first-order valence-corrected chi connectivity index (χ1v) is 4.33. The van der Waals surface area contributed by atoms with E-state index in [9.17, 15) is 0 Å². The van der Waals surface area contributed by atoms with Crippen molar-refractivity contribution in [2.24, 2.45) is 0 Å². The summed E-state index contributed by atoms with van der Waals surface area (Å²) < 4.78 is 0. The second kappa shape index (κ2) is 4.52. The normalized spacial score (nSPS) is 19.0. The molecule has 11 heavy (non-hydrogen) atoms. The van der Waals surface area contributed by atoms with Gasteiger partial charge in [-0.25, -0.2) is 0 Å². The Bertz CT molecular complexity index is 128. The third-order valence-corrected chi connectivity index (χ3v) is 2.20. The maximum absolute atomic E-state index is 8.69. The third-order valence-electron chi connectivity index (χ3n) is 2.20. The fourth-order valence-electron chi connectivity index (χ4n) is 1.40. The van der Waals surface area contributed by atoms with Crippen LogP contribution in [0, 0.1) is 0 Å². The summed E-state index contributed by atoms with van der Waals surface area (Å²) in [4.78, 5) is 2.43. The Morgan fingerprint density at radius 1 is 1.36 bits per heavy atom. The lowest BCUT2D eigenvalue weighted by molar-refractivity contribution is 0.306. The monoisotopic (exact) mass is 155 g/mol. The number of rotatable bonds is 4. The molecule has 0 radical (unpaired) electrons. The van der Waals surface area contributed by atoms with Crippen molar-refractivity contribution in [2.75, 3.05) is 26.2 Å². The first-order chi connectivity index (χ1) is 5.33. The average molecular weight is 155 g/mol. The van der Waals surface area contributed by atoms with Gasteiger partial charge in [0.05, 0.1) is 6.61 Å². The molecule has 2 nitrogen and oxygen atoms in total. The highest BCUT2D eigenvalue weighted by Crippen LogP contribution is 2.09. The van der Waals surface area contributed by atoms with Crippen molar-refractivity contribution < 1.29 is 5.11 Å². The van der Waals surface area contributed by atoms with Gasteiger partial charge in [-0.15, -0.1) is 0 Å². The zero-order valence-corrected chi connectivity index (χ0v) is 7.05. The van der Waals surface area contributed by atoms with Crippen LogP contribution in [0.1, 0.15) is 19.3 Å². The van der Waals surface area contributed by atoms with Gasteiger partial charge in [-0.1, -0.05) is 12.2 Å². The first-order valence-electron chi connectivity index (χ1n) is 4.33. The Morgan fingerprint density at radius 3 is 2.55 bits per heavy atom. The van der Waals surface area contributed by atoms with E-state index in [1.54, 1.807) is 0 Å². The molecule has 0 bridgehead atoms. The molecule has 0 unspecified atom stereocenters. The van der Waals surface area contributed by atoms with Crippen molar-refractivity contribution in [2.45, 2.75) is 19.3 Å². The van der Waals surface area contributed by atoms with Gasteiger partial charge in [-0.2, -0.15) is 0 Å². The van der Waals surface area contributed by atoms with Gasteiger partial charge in [0.1, 0.15) is 0 Å². The Hall–Kier alpha value is -0.340. The van der Waals surface area contributed by atoms with Crippen LogP contribution in [-0.2, 0) is 0 Å². The van der Waals surface area contributed by atoms with E-state index in [4.69, 9.17) is 5.11 Å². The average Bonchev–Trinajstić information content (AvgIpc) is 2.52. The molecule has 1 saturated heterocycles. The molecule has 0 aromatic rings. The molecule has 1 N–H and O–H groups in total. The van der Waals surface area contributed by atoms with E-state index in [0.29, 0.717) is 0 Å². The number of aliphatic hydroxyl groups is 1. The van der Waals surface area contributed by atoms with E-state index >= 15 is 0 Å². The summed E-state index contributed by atoms with van der Waals surface area (Å²) in [6.07, 6.45) is 3.63. The van der Waals surface area contributed by atoms with Crippen molar-refractivity contribution in [3.05, 3.63) is 12.2 Å². The van der Waals surface area contributed by atoms with Gasteiger partial charge >= 0.3 is 0 Å². The van der Waals surface area contributed by atoms with Crippen molar-refractivity contribution in [3.63, 3.8) is 0 Å². The van der Waals surface area contributed by atoms with E-state index in [2.05, 4.69) is 11.5 Å². The minimum absolute atomic E-state index is 0.147. The molecule has 0 atom stereocenters. The number of hydrogen-bond acceptors (Lipinski definition) is 2. The Balaban J connectivity index is 2.06. The van der Waals surface area contributed by atoms with E-state index in [-0.39, 0.29) is 6.61 Å². The first kappa shape index (κ1) is 8.75. The van der Waals surface area contributed by atoms with Crippen LogP contribution in [0.2, 0.25) is 0 Å². The lowest BCUT2D eigenvalue weighted by Crippen LogP contribution is -2.20. The van der Waals surface area contributed by atoms with E-state index in [1.807, 2.05) is 0 Å². The second-order valence-electron chi connectivity index (χ2n) is 3.21. The van der Waals surface area contributed by atoms with Crippen LogP contribution in [0.25, 0.3) is 0 Å². The highest BCUT2D eigenvalue weighted by molar-refractivity contribution is 4.94. The van der Waals surface area contributed by atoms with Crippen LogP contribution in [0.3, 0.4) is 0 Å². The number of nitrogens with zero attached hydrogens (tertiary/aromatic N) is 1. The highest BCUT2D eigenvalue weighted by atomic mass is 16.3. The zero-order valence-electron chi connectivity index (χ0n) is 7.05. The highest BCUT2D eigenvalue weighted by Gasteiger charge is 2.10. The van der Waals surface area contributed by atoms with Gasteiger partial charge in [0.2, 0.25) is 0 Å². The molecule has 0 saturated carbocycles. The quantitative estimate of drug-likeness (QED) is 0.613. The molecule has 1 aliphatic heterocycles. The SMILES string of the molecule is C=C(CO)CCN1CCCC1. The molecule has 0 aromatic carbocycles. The summed E-state index contributed by atoms with van der Waals surface area (Å²) in [6.45, 7) is 7.46. The molecule has 0 amide bonds. The standard InChI is InChI=1S/C9H17NO/c1-9(8-11)4-7-10-5-2-3-6-10/h11H,1-8H2. The Morgan fingerprint density at radius 2 is 2.00 bits per heavy atom.